The zero-order chi connectivity index (χ0) is 12.3. The zero-order valence-corrected chi connectivity index (χ0v) is 11.0. The molecule has 1 heterocycles. The third kappa shape index (κ3) is 3.12. The van der Waals surface area contributed by atoms with Crippen LogP contribution in [0, 0.1) is 5.41 Å². The van der Waals surface area contributed by atoms with Crippen LogP contribution in [0.25, 0.3) is 0 Å². The fraction of sp³-hybridized carbons (Fsp3) is 0.538. The van der Waals surface area contributed by atoms with Gasteiger partial charge in [0, 0.05) is 6.54 Å². The average molecular weight is 256 g/mol. The molecule has 1 aliphatic heterocycles. The van der Waals surface area contributed by atoms with E-state index in [4.69, 9.17) is 21.1 Å². The van der Waals surface area contributed by atoms with E-state index in [1.807, 2.05) is 24.3 Å². The molecule has 0 N–H and O–H groups in total. The Balaban J connectivity index is 1.94. The Morgan fingerprint density at radius 3 is 2.59 bits per heavy atom. The first kappa shape index (κ1) is 12.7. The molecule has 0 saturated carbocycles. The molecule has 0 amide bonds. The highest BCUT2D eigenvalue weighted by atomic mass is 35.5. The van der Waals surface area contributed by atoms with Gasteiger partial charge in [0.2, 0.25) is 0 Å². The van der Waals surface area contributed by atoms with Crippen LogP contribution in [-0.4, -0.2) is 45.4 Å². The molecule has 0 unspecified atom stereocenters. The summed E-state index contributed by atoms with van der Waals surface area (Å²) in [5.74, 6) is 0.749. The summed E-state index contributed by atoms with van der Waals surface area (Å²) < 4.78 is 11.1. The summed E-state index contributed by atoms with van der Waals surface area (Å²) in [5.41, 5.74) is 0.114. The quantitative estimate of drug-likeness (QED) is 0.806. The number of ether oxygens (including phenoxy) is 2. The first-order valence-electron chi connectivity index (χ1n) is 5.71. The maximum atomic E-state index is 6.05. The minimum Gasteiger partial charge on any atom is -0.491 e. The smallest absolute Gasteiger partial charge is 0.137 e. The first-order valence-corrected chi connectivity index (χ1v) is 6.09. The van der Waals surface area contributed by atoms with Crippen LogP contribution in [0.4, 0.5) is 0 Å². The molecule has 1 saturated heterocycles. The van der Waals surface area contributed by atoms with E-state index in [1.165, 1.54) is 0 Å². The van der Waals surface area contributed by atoms with Crippen LogP contribution in [0.15, 0.2) is 24.3 Å². The third-order valence-electron chi connectivity index (χ3n) is 2.84. The van der Waals surface area contributed by atoms with Gasteiger partial charge >= 0.3 is 0 Å². The number of hydrogen-bond acceptors (Lipinski definition) is 3. The lowest BCUT2D eigenvalue weighted by molar-refractivity contribution is -0.140. The molecule has 1 aromatic carbocycles. The fourth-order valence-corrected chi connectivity index (χ4v) is 2.26. The van der Waals surface area contributed by atoms with Crippen molar-refractivity contribution >= 4 is 11.6 Å². The van der Waals surface area contributed by atoms with Crippen LogP contribution in [0.1, 0.15) is 0 Å². The molecule has 0 aliphatic carbocycles. The van der Waals surface area contributed by atoms with Crippen molar-refractivity contribution in [2.75, 3.05) is 40.5 Å². The van der Waals surface area contributed by atoms with Crippen molar-refractivity contribution in [3.05, 3.63) is 29.3 Å². The maximum Gasteiger partial charge on any atom is 0.137 e. The maximum absolute atomic E-state index is 6.05. The molecule has 1 fully saturated rings. The second kappa shape index (κ2) is 5.25. The summed E-state index contributed by atoms with van der Waals surface area (Å²) in [7, 11) is 4.13. The summed E-state index contributed by atoms with van der Waals surface area (Å²) in [4.78, 5) is 2.17. The van der Waals surface area contributed by atoms with E-state index in [1.54, 1.807) is 0 Å². The molecular weight excluding hydrogens is 238 g/mol. The predicted molar refractivity (Wildman–Crippen MR) is 68.8 cm³/mol. The normalized spacial score (nSPS) is 17.9. The Morgan fingerprint density at radius 2 is 2.06 bits per heavy atom. The number of nitrogens with zero attached hydrogens (tertiary/aromatic N) is 1. The van der Waals surface area contributed by atoms with Crippen LogP contribution < -0.4 is 4.74 Å². The number of benzene rings is 1. The summed E-state index contributed by atoms with van der Waals surface area (Å²) in [6, 6.07) is 7.56. The lowest BCUT2D eigenvalue weighted by atomic mass is 9.86. The zero-order valence-electron chi connectivity index (χ0n) is 10.3. The molecule has 1 aliphatic rings. The number of rotatable bonds is 5. The van der Waals surface area contributed by atoms with Crippen molar-refractivity contribution in [1.82, 2.24) is 4.90 Å². The molecule has 17 heavy (non-hydrogen) atoms. The van der Waals surface area contributed by atoms with Crippen LogP contribution in [0.3, 0.4) is 0 Å². The second-order valence-corrected chi connectivity index (χ2v) is 5.36. The summed E-state index contributed by atoms with van der Waals surface area (Å²) >= 11 is 6.05. The van der Waals surface area contributed by atoms with Gasteiger partial charge in [0.1, 0.15) is 5.75 Å². The van der Waals surface area contributed by atoms with E-state index in [-0.39, 0.29) is 5.41 Å². The van der Waals surface area contributed by atoms with Crippen molar-refractivity contribution < 1.29 is 9.47 Å². The Bertz CT molecular complexity index is 377. The van der Waals surface area contributed by atoms with Crippen LogP contribution >= 0.6 is 11.6 Å². The van der Waals surface area contributed by atoms with E-state index in [2.05, 4.69) is 19.0 Å². The molecule has 0 radical (unpaired) electrons. The lowest BCUT2D eigenvalue weighted by Gasteiger charge is -2.42. The van der Waals surface area contributed by atoms with Gasteiger partial charge in [-0.2, -0.15) is 0 Å². The number of para-hydroxylation sites is 1. The van der Waals surface area contributed by atoms with Crippen molar-refractivity contribution in [3.8, 4) is 5.75 Å². The summed E-state index contributed by atoms with van der Waals surface area (Å²) in [6.07, 6.45) is 0. The molecule has 0 aromatic heterocycles. The second-order valence-electron chi connectivity index (χ2n) is 4.95. The molecule has 0 atom stereocenters. The highest BCUT2D eigenvalue weighted by Gasteiger charge is 2.40. The number of hydrogen-bond donors (Lipinski definition) is 0. The predicted octanol–water partition coefficient (Wildman–Crippen LogP) is 2.30. The van der Waals surface area contributed by atoms with Crippen LogP contribution in [0.2, 0.25) is 5.02 Å². The average Bonchev–Trinajstić information content (AvgIpc) is 2.23. The van der Waals surface area contributed by atoms with Crippen molar-refractivity contribution in [1.29, 1.82) is 0 Å². The standard InChI is InChI=1S/C13H18ClNO2/c1-15(2)7-13(8-16-9-13)10-17-12-6-4-3-5-11(12)14/h3-6H,7-10H2,1-2H3. The van der Waals surface area contributed by atoms with Crippen molar-refractivity contribution in [3.63, 3.8) is 0 Å². The van der Waals surface area contributed by atoms with Gasteiger partial charge < -0.3 is 14.4 Å². The van der Waals surface area contributed by atoms with Gasteiger partial charge in [0.05, 0.1) is 30.3 Å². The summed E-state index contributed by atoms with van der Waals surface area (Å²) in [6.45, 7) is 3.14. The van der Waals surface area contributed by atoms with E-state index in [0.717, 1.165) is 25.5 Å². The van der Waals surface area contributed by atoms with E-state index < -0.39 is 0 Å². The first-order chi connectivity index (χ1) is 8.11. The van der Waals surface area contributed by atoms with Crippen LogP contribution in [-0.2, 0) is 4.74 Å². The van der Waals surface area contributed by atoms with Crippen molar-refractivity contribution in [2.45, 2.75) is 0 Å². The van der Waals surface area contributed by atoms with E-state index in [9.17, 15) is 0 Å². The van der Waals surface area contributed by atoms with Gasteiger partial charge in [0.15, 0.2) is 0 Å². The Hall–Kier alpha value is -0.770. The van der Waals surface area contributed by atoms with Gasteiger partial charge in [-0.15, -0.1) is 0 Å². The largest absolute Gasteiger partial charge is 0.491 e. The van der Waals surface area contributed by atoms with Gasteiger partial charge in [-0.3, -0.25) is 0 Å². The molecular formula is C13H18ClNO2. The Morgan fingerprint density at radius 1 is 1.35 bits per heavy atom. The third-order valence-corrected chi connectivity index (χ3v) is 3.15. The van der Waals surface area contributed by atoms with E-state index in [0.29, 0.717) is 11.6 Å². The lowest BCUT2D eigenvalue weighted by Crippen LogP contribution is -2.53. The Labute approximate surface area is 107 Å². The van der Waals surface area contributed by atoms with Crippen LogP contribution in [0.5, 0.6) is 5.75 Å². The minimum absolute atomic E-state index is 0.114. The molecule has 2 rings (SSSR count). The number of halogens is 1. The topological polar surface area (TPSA) is 21.7 Å². The molecule has 0 spiro atoms. The highest BCUT2D eigenvalue weighted by Crippen LogP contribution is 2.31. The molecule has 3 nitrogen and oxygen atoms in total. The Kier molecular flexibility index (Phi) is 3.92. The van der Waals surface area contributed by atoms with Gasteiger partial charge in [-0.05, 0) is 26.2 Å². The van der Waals surface area contributed by atoms with Gasteiger partial charge in [0.25, 0.3) is 0 Å². The SMILES string of the molecule is CN(C)CC1(COc2ccccc2Cl)COC1. The molecule has 0 bridgehead atoms. The molecule has 94 valence electrons. The minimum atomic E-state index is 0.114. The van der Waals surface area contributed by atoms with E-state index >= 15 is 0 Å². The summed E-state index contributed by atoms with van der Waals surface area (Å²) in [5, 5.41) is 0.660. The van der Waals surface area contributed by atoms with Crippen molar-refractivity contribution in [2.24, 2.45) is 5.41 Å². The monoisotopic (exact) mass is 255 g/mol. The van der Waals surface area contributed by atoms with Gasteiger partial charge in [-0.25, -0.2) is 0 Å². The molecule has 1 aromatic rings. The molecule has 4 heteroatoms. The highest BCUT2D eigenvalue weighted by molar-refractivity contribution is 6.32. The fourth-order valence-electron chi connectivity index (χ4n) is 2.07. The van der Waals surface area contributed by atoms with Gasteiger partial charge in [-0.1, -0.05) is 23.7 Å².